The summed E-state index contributed by atoms with van der Waals surface area (Å²) in [6.07, 6.45) is 0.00394. The second-order valence-electron chi connectivity index (χ2n) is 1.94. The van der Waals surface area contributed by atoms with Crippen LogP contribution < -0.4 is 10.8 Å². The zero-order valence-corrected chi connectivity index (χ0v) is 5.51. The van der Waals surface area contributed by atoms with Gasteiger partial charge in [-0.3, -0.25) is 14.9 Å². The van der Waals surface area contributed by atoms with Crippen LogP contribution in [0.2, 0.25) is 0 Å². The van der Waals surface area contributed by atoms with Gasteiger partial charge in [0.2, 0.25) is 0 Å². The van der Waals surface area contributed by atoms with Gasteiger partial charge in [0.1, 0.15) is 0 Å². The summed E-state index contributed by atoms with van der Waals surface area (Å²) in [4.78, 5) is 25.7. The third-order valence-corrected chi connectivity index (χ3v) is 1.19. The minimum atomic E-state index is -0.602. The molecule has 1 fully saturated rings. The second-order valence-corrected chi connectivity index (χ2v) is 1.94. The lowest BCUT2D eigenvalue weighted by molar-refractivity contribution is -0.140. The van der Waals surface area contributed by atoms with Crippen molar-refractivity contribution in [2.75, 3.05) is 0 Å². The lowest BCUT2D eigenvalue weighted by Gasteiger charge is -2.19. The third kappa shape index (κ3) is 1.24. The fourth-order valence-electron chi connectivity index (χ4n) is 0.665. The summed E-state index contributed by atoms with van der Waals surface area (Å²) in [5.41, 5.74) is 2.04. The normalized spacial score (nSPS) is 25.5. The molecular weight excluding hydrogens is 136 g/mol. The van der Waals surface area contributed by atoms with Gasteiger partial charge in [-0.25, -0.2) is 10.3 Å². The first-order valence-corrected chi connectivity index (χ1v) is 3.00. The van der Waals surface area contributed by atoms with Gasteiger partial charge >= 0.3 is 6.03 Å². The average Bonchev–Trinajstić information content (AvgIpc) is 1.88. The Bertz CT molecular complexity index is 168. The fourth-order valence-corrected chi connectivity index (χ4v) is 0.665. The Labute approximate surface area is 57.7 Å². The second kappa shape index (κ2) is 2.66. The highest BCUT2D eigenvalue weighted by Gasteiger charge is 2.25. The number of carbonyl (C=O) groups excluding carboxylic acids is 2. The standard InChI is InChI=1S/C5H8N2O3/c1-2-3-4(8)6-5(9)7-10-3/h3H,2H2,1H3,(H2,6,7,8,9). The Kier molecular flexibility index (Phi) is 1.86. The summed E-state index contributed by atoms with van der Waals surface area (Å²) < 4.78 is 0. The minimum Gasteiger partial charge on any atom is -0.274 e. The molecule has 0 aromatic carbocycles. The van der Waals surface area contributed by atoms with Gasteiger partial charge in [0.05, 0.1) is 0 Å². The molecule has 0 bridgehead atoms. The fraction of sp³-hybridized carbons (Fsp3) is 0.600. The molecule has 1 rings (SSSR count). The molecule has 5 nitrogen and oxygen atoms in total. The molecule has 0 spiro atoms. The molecule has 0 aliphatic carbocycles. The number of imide groups is 1. The van der Waals surface area contributed by atoms with Crippen LogP contribution in [0, 0.1) is 0 Å². The maximum absolute atomic E-state index is 10.7. The quantitative estimate of drug-likeness (QED) is 0.523. The summed E-state index contributed by atoms with van der Waals surface area (Å²) in [5.74, 6) is -0.383. The molecule has 56 valence electrons. The highest BCUT2D eigenvalue weighted by Crippen LogP contribution is 1.98. The van der Waals surface area contributed by atoms with Crippen molar-refractivity contribution in [1.29, 1.82) is 0 Å². The van der Waals surface area contributed by atoms with E-state index in [0.717, 1.165) is 0 Å². The van der Waals surface area contributed by atoms with Crippen molar-refractivity contribution in [2.45, 2.75) is 19.4 Å². The van der Waals surface area contributed by atoms with Crippen LogP contribution >= 0.6 is 0 Å². The number of urea groups is 1. The van der Waals surface area contributed by atoms with Crippen molar-refractivity contribution >= 4 is 11.9 Å². The summed E-state index contributed by atoms with van der Waals surface area (Å²) in [6, 6.07) is -0.602. The van der Waals surface area contributed by atoms with E-state index in [1.54, 1.807) is 6.92 Å². The summed E-state index contributed by atoms with van der Waals surface area (Å²) >= 11 is 0. The molecule has 1 heterocycles. The zero-order valence-electron chi connectivity index (χ0n) is 5.51. The van der Waals surface area contributed by atoms with Crippen LogP contribution in [0.5, 0.6) is 0 Å². The van der Waals surface area contributed by atoms with Gasteiger partial charge in [-0.1, -0.05) is 6.92 Å². The van der Waals surface area contributed by atoms with Crippen molar-refractivity contribution in [1.82, 2.24) is 10.8 Å². The van der Waals surface area contributed by atoms with E-state index >= 15 is 0 Å². The van der Waals surface area contributed by atoms with Crippen LogP contribution in [0.1, 0.15) is 13.3 Å². The smallest absolute Gasteiger partial charge is 0.274 e. The topological polar surface area (TPSA) is 67.4 Å². The lowest BCUT2D eigenvalue weighted by atomic mass is 10.2. The first-order valence-electron chi connectivity index (χ1n) is 3.00. The molecule has 1 atom stereocenters. The highest BCUT2D eigenvalue weighted by atomic mass is 16.7. The number of hydrogen-bond acceptors (Lipinski definition) is 3. The molecule has 2 N–H and O–H groups in total. The minimum absolute atomic E-state index is 0.383. The highest BCUT2D eigenvalue weighted by molar-refractivity contribution is 5.97. The van der Waals surface area contributed by atoms with E-state index in [4.69, 9.17) is 0 Å². The van der Waals surface area contributed by atoms with Crippen LogP contribution in [-0.4, -0.2) is 18.0 Å². The van der Waals surface area contributed by atoms with Crippen LogP contribution in [-0.2, 0) is 9.63 Å². The molecule has 1 unspecified atom stereocenters. The molecule has 1 saturated heterocycles. The number of hydroxylamine groups is 1. The SMILES string of the molecule is CCC1ONC(=O)NC1=O. The monoisotopic (exact) mass is 144 g/mol. The molecular formula is C5H8N2O3. The van der Waals surface area contributed by atoms with Gasteiger partial charge in [-0.15, -0.1) is 0 Å². The Balaban J connectivity index is 2.51. The summed E-state index contributed by atoms with van der Waals surface area (Å²) in [7, 11) is 0. The Morgan fingerprint density at radius 3 is 2.80 bits per heavy atom. The Hall–Kier alpha value is -1.10. The maximum Gasteiger partial charge on any atom is 0.345 e. The van der Waals surface area contributed by atoms with Crippen LogP contribution in [0.4, 0.5) is 4.79 Å². The number of carbonyl (C=O) groups is 2. The Morgan fingerprint density at radius 2 is 2.30 bits per heavy atom. The van der Waals surface area contributed by atoms with E-state index < -0.39 is 12.1 Å². The zero-order chi connectivity index (χ0) is 7.56. The van der Waals surface area contributed by atoms with Gasteiger partial charge in [0.25, 0.3) is 5.91 Å². The van der Waals surface area contributed by atoms with Gasteiger partial charge in [0, 0.05) is 0 Å². The van der Waals surface area contributed by atoms with Gasteiger partial charge in [-0.05, 0) is 6.42 Å². The third-order valence-electron chi connectivity index (χ3n) is 1.19. The summed E-state index contributed by atoms with van der Waals surface area (Å²) in [5, 5.41) is 2.07. The number of hydrogen-bond donors (Lipinski definition) is 2. The predicted octanol–water partition coefficient (Wildman–Crippen LogP) is -0.464. The maximum atomic E-state index is 10.7. The van der Waals surface area contributed by atoms with Gasteiger partial charge < -0.3 is 0 Å². The van der Waals surface area contributed by atoms with Crippen molar-refractivity contribution in [2.24, 2.45) is 0 Å². The van der Waals surface area contributed by atoms with E-state index in [2.05, 4.69) is 10.2 Å². The lowest BCUT2D eigenvalue weighted by Crippen LogP contribution is -2.53. The molecule has 1 aliphatic rings. The van der Waals surface area contributed by atoms with E-state index in [-0.39, 0.29) is 5.91 Å². The molecule has 0 radical (unpaired) electrons. The molecule has 0 aromatic rings. The van der Waals surface area contributed by atoms with Crippen molar-refractivity contribution in [3.05, 3.63) is 0 Å². The molecule has 5 heteroatoms. The van der Waals surface area contributed by atoms with Gasteiger partial charge in [0.15, 0.2) is 6.10 Å². The number of nitrogens with one attached hydrogen (secondary N) is 2. The molecule has 0 saturated carbocycles. The molecule has 0 aromatic heterocycles. The largest absolute Gasteiger partial charge is 0.345 e. The van der Waals surface area contributed by atoms with Crippen LogP contribution in [0.3, 0.4) is 0 Å². The van der Waals surface area contributed by atoms with Crippen molar-refractivity contribution in [3.63, 3.8) is 0 Å². The first-order chi connectivity index (χ1) is 4.74. The van der Waals surface area contributed by atoms with Crippen molar-refractivity contribution in [3.8, 4) is 0 Å². The first kappa shape index (κ1) is 7.01. The van der Waals surface area contributed by atoms with Crippen LogP contribution in [0.25, 0.3) is 0 Å². The molecule has 1 aliphatic heterocycles. The number of amides is 3. The molecule has 10 heavy (non-hydrogen) atoms. The van der Waals surface area contributed by atoms with E-state index in [0.29, 0.717) is 6.42 Å². The van der Waals surface area contributed by atoms with Crippen molar-refractivity contribution < 1.29 is 14.4 Å². The van der Waals surface area contributed by atoms with E-state index in [1.807, 2.05) is 5.48 Å². The average molecular weight is 144 g/mol. The number of rotatable bonds is 1. The van der Waals surface area contributed by atoms with Gasteiger partial charge in [-0.2, -0.15) is 0 Å². The van der Waals surface area contributed by atoms with E-state index in [1.165, 1.54) is 0 Å². The molecule has 3 amide bonds. The van der Waals surface area contributed by atoms with Crippen LogP contribution in [0.15, 0.2) is 0 Å². The summed E-state index contributed by atoms with van der Waals surface area (Å²) in [6.45, 7) is 1.79. The Morgan fingerprint density at radius 1 is 1.60 bits per heavy atom. The van der Waals surface area contributed by atoms with E-state index in [9.17, 15) is 9.59 Å². The predicted molar refractivity (Wildman–Crippen MR) is 31.8 cm³/mol.